The van der Waals surface area contributed by atoms with Gasteiger partial charge in [0.1, 0.15) is 17.3 Å². The highest BCUT2D eigenvalue weighted by Gasteiger charge is 2.30. The fourth-order valence-corrected chi connectivity index (χ4v) is 3.42. The van der Waals surface area contributed by atoms with E-state index < -0.39 is 15.1 Å². The van der Waals surface area contributed by atoms with Gasteiger partial charge in [0.25, 0.3) is 9.05 Å². The van der Waals surface area contributed by atoms with Crippen molar-refractivity contribution in [2.45, 2.75) is 31.6 Å². The number of benzene rings is 1. The second kappa shape index (κ2) is 8.05. The second-order valence-electron chi connectivity index (χ2n) is 5.67. The Balaban J connectivity index is 2.79. The number of aromatic nitrogens is 2. The van der Waals surface area contributed by atoms with Crippen molar-refractivity contribution in [3.8, 4) is 5.75 Å². The van der Waals surface area contributed by atoms with Crippen LogP contribution in [0.5, 0.6) is 5.75 Å². The average Bonchev–Trinajstić information content (AvgIpc) is 2.84. The van der Waals surface area contributed by atoms with Gasteiger partial charge in [-0.05, 0) is 31.5 Å². The highest BCUT2D eigenvalue weighted by Crippen LogP contribution is 2.40. The molecule has 1 heterocycles. The van der Waals surface area contributed by atoms with Gasteiger partial charge in [0.05, 0.1) is 22.9 Å². The number of carboxylic acid groups (broad SMARTS) is 1. The van der Waals surface area contributed by atoms with Gasteiger partial charge < -0.3 is 15.6 Å². The number of carbonyl (C=O) groups is 1. The summed E-state index contributed by atoms with van der Waals surface area (Å²) in [5.74, 6) is 0.303. The van der Waals surface area contributed by atoms with Gasteiger partial charge in [-0.3, -0.25) is 4.68 Å². The van der Waals surface area contributed by atoms with E-state index in [2.05, 4.69) is 5.10 Å². The van der Waals surface area contributed by atoms with Gasteiger partial charge in [-0.25, -0.2) is 18.1 Å². The number of anilines is 3. The molecule has 0 aliphatic carbocycles. The molecule has 2 aromatic rings. The van der Waals surface area contributed by atoms with Crippen molar-refractivity contribution in [2.24, 2.45) is 7.05 Å². The largest absolute Gasteiger partial charge is 0.492 e. The van der Waals surface area contributed by atoms with Crippen LogP contribution in [0.2, 0.25) is 0 Å². The molecule has 0 radical (unpaired) electrons. The predicted octanol–water partition coefficient (Wildman–Crippen LogP) is 3.10. The summed E-state index contributed by atoms with van der Waals surface area (Å²) in [5, 5.41) is 14.2. The van der Waals surface area contributed by atoms with E-state index in [1.807, 2.05) is 6.92 Å². The van der Waals surface area contributed by atoms with Gasteiger partial charge >= 0.3 is 6.09 Å². The first-order chi connectivity index (χ1) is 12.6. The molecule has 27 heavy (non-hydrogen) atoms. The highest BCUT2D eigenvalue weighted by atomic mass is 35.7. The van der Waals surface area contributed by atoms with Gasteiger partial charge in [-0.1, -0.05) is 13.3 Å². The van der Waals surface area contributed by atoms with Crippen molar-refractivity contribution >= 4 is 43.0 Å². The van der Waals surface area contributed by atoms with Crippen molar-refractivity contribution < 1.29 is 23.1 Å². The molecule has 3 N–H and O–H groups in total. The number of aryl methyl sites for hydroxylation is 2. The van der Waals surface area contributed by atoms with Crippen LogP contribution in [-0.4, -0.2) is 36.0 Å². The molecule has 148 valence electrons. The number of nitrogen functional groups attached to an aromatic ring is 1. The number of halogens is 1. The van der Waals surface area contributed by atoms with E-state index in [0.29, 0.717) is 18.5 Å². The Morgan fingerprint density at radius 1 is 1.41 bits per heavy atom. The molecule has 0 saturated carbocycles. The van der Waals surface area contributed by atoms with Gasteiger partial charge in [-0.15, -0.1) is 0 Å². The lowest BCUT2D eigenvalue weighted by Gasteiger charge is -2.23. The molecule has 0 unspecified atom stereocenters. The summed E-state index contributed by atoms with van der Waals surface area (Å²) in [6.45, 7) is 3.89. The van der Waals surface area contributed by atoms with Crippen LogP contribution < -0.4 is 15.4 Å². The summed E-state index contributed by atoms with van der Waals surface area (Å²) in [6, 6.07) is 3.75. The van der Waals surface area contributed by atoms with Crippen LogP contribution in [0, 0.1) is 0 Å². The van der Waals surface area contributed by atoms with Crippen LogP contribution in [0.1, 0.15) is 26.0 Å². The molecular weight excluding hydrogens is 396 g/mol. The molecule has 1 aromatic carbocycles. The first-order valence-corrected chi connectivity index (χ1v) is 10.5. The monoisotopic (exact) mass is 416 g/mol. The molecule has 1 aromatic heterocycles. The molecule has 2 rings (SSSR count). The standard InChI is InChI=1S/C16H21ClN4O5S/c1-4-6-11-14(15(18)20(3)19-11)21(16(22)23)12-9-10(27(17,24)25)7-8-13(12)26-5-2/h7-9H,4-6,18H2,1-3H3,(H,22,23). The van der Waals surface area contributed by atoms with Gasteiger partial charge in [-0.2, -0.15) is 5.10 Å². The predicted molar refractivity (Wildman–Crippen MR) is 102 cm³/mol. The number of nitrogens with zero attached hydrogens (tertiary/aromatic N) is 3. The molecule has 0 aliphatic rings. The number of hydrogen-bond donors (Lipinski definition) is 2. The Morgan fingerprint density at radius 2 is 2.07 bits per heavy atom. The maximum atomic E-state index is 12.1. The van der Waals surface area contributed by atoms with Crippen molar-refractivity contribution in [2.75, 3.05) is 17.2 Å². The fraction of sp³-hybridized carbons (Fsp3) is 0.375. The van der Waals surface area contributed by atoms with E-state index in [4.69, 9.17) is 21.2 Å². The molecule has 0 bridgehead atoms. The zero-order valence-corrected chi connectivity index (χ0v) is 16.7. The fourth-order valence-electron chi connectivity index (χ4n) is 2.65. The Labute approximate surface area is 161 Å². The quantitative estimate of drug-likeness (QED) is 0.663. The molecular formula is C16H21ClN4O5S. The Morgan fingerprint density at radius 3 is 2.59 bits per heavy atom. The van der Waals surface area contributed by atoms with E-state index in [1.54, 1.807) is 14.0 Å². The Kier molecular flexibility index (Phi) is 6.22. The van der Waals surface area contributed by atoms with Crippen molar-refractivity contribution in [3.63, 3.8) is 0 Å². The van der Waals surface area contributed by atoms with Crippen LogP contribution >= 0.6 is 10.7 Å². The first kappa shape index (κ1) is 20.8. The summed E-state index contributed by atoms with van der Waals surface area (Å²) in [5.41, 5.74) is 6.69. The molecule has 0 spiro atoms. The van der Waals surface area contributed by atoms with Crippen LogP contribution in [0.4, 0.5) is 22.0 Å². The third kappa shape index (κ3) is 4.28. The van der Waals surface area contributed by atoms with E-state index in [-0.39, 0.29) is 34.4 Å². The summed E-state index contributed by atoms with van der Waals surface area (Å²) < 4.78 is 30.3. The minimum atomic E-state index is -4.08. The topological polar surface area (TPSA) is 128 Å². The number of hydrogen-bond acceptors (Lipinski definition) is 6. The lowest BCUT2D eigenvalue weighted by molar-refractivity contribution is 0.204. The van der Waals surface area contributed by atoms with Gasteiger partial charge in [0.15, 0.2) is 0 Å². The van der Waals surface area contributed by atoms with Gasteiger partial charge in [0.2, 0.25) is 0 Å². The highest BCUT2D eigenvalue weighted by molar-refractivity contribution is 8.13. The SMILES string of the molecule is CCCc1nn(C)c(N)c1N(C(=O)O)c1cc(S(=O)(=O)Cl)ccc1OCC. The summed E-state index contributed by atoms with van der Waals surface area (Å²) in [7, 11) is 2.95. The van der Waals surface area contributed by atoms with Crippen molar-refractivity contribution in [3.05, 3.63) is 23.9 Å². The van der Waals surface area contributed by atoms with E-state index in [0.717, 1.165) is 11.0 Å². The van der Waals surface area contributed by atoms with Crippen molar-refractivity contribution in [1.82, 2.24) is 9.78 Å². The molecule has 0 fully saturated rings. The average molecular weight is 417 g/mol. The lowest BCUT2D eigenvalue weighted by Crippen LogP contribution is -2.26. The van der Waals surface area contributed by atoms with Crippen LogP contribution in [0.25, 0.3) is 0 Å². The molecule has 1 amide bonds. The number of nitrogens with two attached hydrogens (primary N) is 1. The maximum absolute atomic E-state index is 12.1. The van der Waals surface area contributed by atoms with E-state index in [9.17, 15) is 18.3 Å². The molecule has 0 aliphatic heterocycles. The summed E-state index contributed by atoms with van der Waals surface area (Å²) >= 11 is 0. The molecule has 0 saturated heterocycles. The summed E-state index contributed by atoms with van der Waals surface area (Å²) in [4.78, 5) is 12.8. The molecule has 11 heteroatoms. The van der Waals surface area contributed by atoms with Crippen LogP contribution in [0.15, 0.2) is 23.1 Å². The van der Waals surface area contributed by atoms with E-state index >= 15 is 0 Å². The minimum Gasteiger partial charge on any atom is -0.492 e. The minimum absolute atomic E-state index is 0.0110. The first-order valence-electron chi connectivity index (χ1n) is 8.17. The van der Waals surface area contributed by atoms with E-state index in [1.165, 1.54) is 16.8 Å². The number of ether oxygens (including phenoxy) is 1. The Hall–Kier alpha value is -2.46. The molecule has 9 nitrogen and oxygen atoms in total. The third-order valence-corrected chi connectivity index (χ3v) is 5.14. The third-order valence-electron chi connectivity index (χ3n) is 3.79. The van der Waals surface area contributed by atoms with Crippen LogP contribution in [-0.2, 0) is 22.5 Å². The zero-order valence-electron chi connectivity index (χ0n) is 15.1. The van der Waals surface area contributed by atoms with Gasteiger partial charge in [0, 0.05) is 17.7 Å². The lowest BCUT2D eigenvalue weighted by atomic mass is 10.2. The maximum Gasteiger partial charge on any atom is 0.416 e. The number of rotatable bonds is 7. The number of amides is 1. The van der Waals surface area contributed by atoms with Crippen LogP contribution in [0.3, 0.4) is 0 Å². The summed E-state index contributed by atoms with van der Waals surface area (Å²) in [6.07, 6.45) is -0.162. The zero-order chi connectivity index (χ0) is 20.4. The normalized spacial score (nSPS) is 11.4. The Bertz CT molecular complexity index is 958. The molecule has 0 atom stereocenters. The van der Waals surface area contributed by atoms with Crippen molar-refractivity contribution in [1.29, 1.82) is 0 Å². The smallest absolute Gasteiger partial charge is 0.416 e. The second-order valence-corrected chi connectivity index (χ2v) is 8.24.